The lowest BCUT2D eigenvalue weighted by molar-refractivity contribution is 0.791. The maximum atomic E-state index is 2.49. The molecule has 0 unspecified atom stereocenters. The van der Waals surface area contributed by atoms with Gasteiger partial charge in [0.1, 0.15) is 0 Å². The van der Waals surface area contributed by atoms with Crippen LogP contribution < -0.4 is 0 Å². The molecule has 22 aromatic carbocycles. The van der Waals surface area contributed by atoms with Gasteiger partial charge in [-0.2, -0.15) is 0 Å². The molecule has 2 aliphatic carbocycles. The molecule has 0 atom stereocenters. The average Bonchev–Trinajstić information content (AvgIpc) is 1.50. The van der Waals surface area contributed by atoms with E-state index in [1.807, 2.05) is 0 Å². The molecule has 30 rings (SSSR count). The third-order valence-electron chi connectivity index (χ3n) is 29.6. The zero-order valence-corrected chi connectivity index (χ0v) is 75.8. The fourth-order valence-electron chi connectivity index (χ4n) is 23.6. The van der Waals surface area contributed by atoms with E-state index in [-0.39, 0.29) is 0 Å². The minimum Gasteiger partial charge on any atom is -0.309 e. The first-order valence-electron chi connectivity index (χ1n) is 48.0. The Hall–Kier alpha value is -18.4. The Balaban J connectivity index is 0.000000104. The van der Waals surface area contributed by atoms with Gasteiger partial charge in [0.2, 0.25) is 0 Å². The minimum atomic E-state index is -0.471. The highest BCUT2D eigenvalue weighted by Crippen LogP contribution is 2.64. The van der Waals surface area contributed by atoms with Gasteiger partial charge in [-0.1, -0.05) is 376 Å². The van der Waals surface area contributed by atoms with E-state index >= 15 is 0 Å². The van der Waals surface area contributed by atoms with E-state index in [1.165, 1.54) is 243 Å². The van der Waals surface area contributed by atoms with Gasteiger partial charge >= 0.3 is 0 Å². The molecule has 0 saturated carbocycles. The van der Waals surface area contributed by atoms with Gasteiger partial charge in [0.05, 0.1) is 71.6 Å². The van der Waals surface area contributed by atoms with Crippen LogP contribution in [0.2, 0.25) is 0 Å². The van der Waals surface area contributed by atoms with Gasteiger partial charge in [-0.3, -0.25) is 0 Å². The summed E-state index contributed by atoms with van der Waals surface area (Å²) in [4.78, 5) is 0. The van der Waals surface area contributed by atoms with Crippen molar-refractivity contribution in [3.8, 4) is 101 Å². The molecular formula is C133H86N6. The maximum Gasteiger partial charge on any atom is 0.0727 e. The summed E-state index contributed by atoms with van der Waals surface area (Å²) >= 11 is 0. The normalized spacial score (nSPS) is 12.4. The Morgan fingerprint density at radius 3 is 0.604 bits per heavy atom. The molecule has 28 aromatic rings. The first-order valence-corrected chi connectivity index (χ1v) is 48.0. The van der Waals surface area contributed by atoms with Gasteiger partial charge in [0.15, 0.2) is 0 Å². The second-order valence-corrected chi connectivity index (χ2v) is 36.9. The number of fused-ring (bicyclic) bond motifs is 28. The van der Waals surface area contributed by atoms with E-state index in [2.05, 4.69) is 549 Å². The Morgan fingerprint density at radius 2 is 0.309 bits per heavy atom. The number of nitrogens with zero attached hydrogens (tertiary/aromatic N) is 6. The highest BCUT2D eigenvalue weighted by molar-refractivity contribution is 6.16. The van der Waals surface area contributed by atoms with Crippen molar-refractivity contribution in [2.24, 2.45) is 0 Å². The van der Waals surface area contributed by atoms with E-state index in [1.54, 1.807) is 0 Å². The van der Waals surface area contributed by atoms with Crippen LogP contribution in [0.5, 0.6) is 0 Å². The number of hydrogen-bond acceptors (Lipinski definition) is 0. The number of para-hydroxylation sites is 10. The largest absolute Gasteiger partial charge is 0.309 e. The quantitative estimate of drug-likeness (QED) is 0.131. The predicted octanol–water partition coefficient (Wildman–Crippen LogP) is 34.7. The van der Waals surface area contributed by atoms with Crippen LogP contribution in [0.4, 0.5) is 0 Å². The summed E-state index contributed by atoms with van der Waals surface area (Å²) in [5, 5.41) is 15.3. The van der Waals surface area contributed by atoms with Crippen LogP contribution in [0.15, 0.2) is 522 Å². The molecule has 0 amide bonds. The first kappa shape index (κ1) is 79.2. The van der Waals surface area contributed by atoms with Crippen molar-refractivity contribution in [2.45, 2.75) is 5.41 Å². The van der Waals surface area contributed by atoms with Crippen molar-refractivity contribution in [3.63, 3.8) is 0 Å². The van der Waals surface area contributed by atoms with Crippen LogP contribution in [0.1, 0.15) is 22.3 Å². The third kappa shape index (κ3) is 12.4. The molecule has 0 bridgehead atoms. The fourth-order valence-corrected chi connectivity index (χ4v) is 23.6. The van der Waals surface area contributed by atoms with Crippen LogP contribution in [-0.2, 0) is 5.41 Å². The van der Waals surface area contributed by atoms with Gasteiger partial charge in [0.25, 0.3) is 0 Å². The second kappa shape index (κ2) is 31.9. The van der Waals surface area contributed by atoms with E-state index in [4.69, 9.17) is 0 Å². The molecule has 6 heteroatoms. The molecule has 1 spiro atoms. The molecule has 139 heavy (non-hydrogen) atoms. The van der Waals surface area contributed by atoms with Gasteiger partial charge in [-0.15, -0.1) is 0 Å². The molecule has 2 aliphatic rings. The first-order chi connectivity index (χ1) is 69.0. The summed E-state index contributed by atoms with van der Waals surface area (Å²) in [5.74, 6) is 0. The van der Waals surface area contributed by atoms with Crippen molar-refractivity contribution in [3.05, 3.63) is 544 Å². The summed E-state index contributed by atoms with van der Waals surface area (Å²) in [7, 11) is 0. The summed E-state index contributed by atoms with van der Waals surface area (Å²) in [5.41, 5.74) is 41.5. The standard InChI is InChI=1S/C49H30N2.C48H32N2.C36H24N2/c1-7-19-41-33(13-1)34-14-2-8-20-42(34)49(41)43-29-31(50-45-21-9-3-15-37(45)38-16-4-10-22-46(38)50)25-27-35(43)36-28-26-32(30-44(36)49)51-47-23-11-5-17-39(47)40-18-6-12-24-48(40)51;1-3-11-33(12-4-1)37-23-29-43-41-15-7-9-17-45(41)49(47(43)31-37)39-25-19-35(20-26-39)36-21-27-40(28-22-36)50-46-18-10-8-16-42(46)44-30-24-38(32-48(44)50)34-13-5-2-6-14-34;1-5-19-33-29(15-1)30-16-2-6-20-34(30)37(33)27-13-9-11-25(23-27)26-12-10-14-28(24-26)38-35-21-7-3-17-31(35)32-18-4-8-22-36(32)38/h1-30H;1-32H;1-24H. The average molecular weight is 1770 g/mol. The summed E-state index contributed by atoms with van der Waals surface area (Å²) in [6, 6.07) is 191. The number of benzene rings is 22. The van der Waals surface area contributed by atoms with E-state index < -0.39 is 5.41 Å². The van der Waals surface area contributed by atoms with Gasteiger partial charge in [-0.25, -0.2) is 0 Å². The molecule has 6 aromatic heterocycles. The Labute approximate surface area is 802 Å². The van der Waals surface area contributed by atoms with Crippen molar-refractivity contribution >= 4 is 131 Å². The topological polar surface area (TPSA) is 29.6 Å². The Morgan fingerprint density at radius 1 is 0.108 bits per heavy atom. The monoisotopic (exact) mass is 1770 g/mol. The van der Waals surface area contributed by atoms with Gasteiger partial charge < -0.3 is 27.4 Å². The van der Waals surface area contributed by atoms with Crippen molar-refractivity contribution in [1.29, 1.82) is 0 Å². The number of hydrogen-bond donors (Lipinski definition) is 0. The molecule has 0 aliphatic heterocycles. The van der Waals surface area contributed by atoms with E-state index in [9.17, 15) is 0 Å². The third-order valence-corrected chi connectivity index (χ3v) is 29.6. The van der Waals surface area contributed by atoms with E-state index in [0.29, 0.717) is 0 Å². The molecule has 6 heterocycles. The smallest absolute Gasteiger partial charge is 0.0727 e. The summed E-state index contributed by atoms with van der Waals surface area (Å²) in [6.45, 7) is 0. The Bertz CT molecular complexity index is 9060. The molecule has 0 saturated heterocycles. The lowest BCUT2D eigenvalue weighted by atomic mass is 9.70. The molecular weight excluding hydrogens is 1680 g/mol. The molecule has 648 valence electrons. The minimum absolute atomic E-state index is 0.471. The van der Waals surface area contributed by atoms with Crippen LogP contribution in [0, 0.1) is 0 Å². The van der Waals surface area contributed by atoms with Gasteiger partial charge in [0, 0.05) is 98.8 Å². The van der Waals surface area contributed by atoms with Crippen molar-refractivity contribution < 1.29 is 0 Å². The SMILES string of the molecule is c1cc(-c2cccc(-n3c4ccccc4c4ccccc43)c2)cc(-n2c3ccccc3c3ccccc32)c1.c1ccc(-c2ccc3c4ccccc4n(-c4ccc(-c5ccc(-n6c7ccccc7c7ccc(-c8ccccc8)cc76)cc5)cc4)c3c2)cc1.c1ccc2c(c1)-c1ccccc1C21c2cc(-n3c4ccccc4c4ccccc43)ccc2-c2ccc(-n3c4ccccc4c4ccccc43)cc21. The zero-order chi connectivity index (χ0) is 91.3. The van der Waals surface area contributed by atoms with Crippen LogP contribution in [0.3, 0.4) is 0 Å². The van der Waals surface area contributed by atoms with Crippen LogP contribution >= 0.6 is 0 Å². The van der Waals surface area contributed by atoms with E-state index in [0.717, 1.165) is 11.4 Å². The maximum absolute atomic E-state index is 2.49. The second-order valence-electron chi connectivity index (χ2n) is 36.9. The molecule has 0 radical (unpaired) electrons. The highest BCUT2D eigenvalue weighted by atomic mass is 15.0. The summed E-state index contributed by atoms with van der Waals surface area (Å²) < 4.78 is 14.5. The van der Waals surface area contributed by atoms with Crippen LogP contribution in [-0.4, -0.2) is 27.4 Å². The number of rotatable bonds is 10. The lowest BCUT2D eigenvalue weighted by Crippen LogP contribution is -2.26. The Kier molecular flexibility index (Phi) is 18.2. The molecule has 6 nitrogen and oxygen atoms in total. The van der Waals surface area contributed by atoms with Gasteiger partial charge in [-0.05, 0) is 235 Å². The highest BCUT2D eigenvalue weighted by Gasteiger charge is 2.52. The van der Waals surface area contributed by atoms with Crippen molar-refractivity contribution in [1.82, 2.24) is 27.4 Å². The van der Waals surface area contributed by atoms with Crippen LogP contribution in [0.25, 0.3) is 232 Å². The van der Waals surface area contributed by atoms with Crippen molar-refractivity contribution in [2.75, 3.05) is 0 Å². The zero-order valence-electron chi connectivity index (χ0n) is 75.8. The predicted molar refractivity (Wildman–Crippen MR) is 583 cm³/mol. The molecule has 0 N–H and O–H groups in total. The fraction of sp³-hybridized carbons (Fsp3) is 0.00752. The summed E-state index contributed by atoms with van der Waals surface area (Å²) in [6.07, 6.45) is 0. The number of aromatic nitrogens is 6. The molecule has 0 fully saturated rings. The lowest BCUT2D eigenvalue weighted by Gasteiger charge is -2.31.